The molecule has 0 aliphatic heterocycles. The Hall–Kier alpha value is -3.01. The molecule has 4 nitrogen and oxygen atoms in total. The Morgan fingerprint density at radius 2 is 1.52 bits per heavy atom. The molecule has 0 aliphatic rings. The number of carboxylic acid groups (broad SMARTS) is 1. The minimum Gasteiger partial charge on any atom is -0.478 e. The first-order valence-electron chi connectivity index (χ1n) is 6.53. The third-order valence-corrected chi connectivity index (χ3v) is 3.38. The van der Waals surface area contributed by atoms with Crippen LogP contribution in [0.5, 0.6) is 0 Å². The van der Waals surface area contributed by atoms with Crippen LogP contribution in [-0.2, 0) is 0 Å². The number of hydrogen-bond acceptors (Lipinski definition) is 3. The van der Waals surface area contributed by atoms with Gasteiger partial charge in [0.05, 0.1) is 11.3 Å². The normalized spacial score (nSPS) is 10.5. The fourth-order valence-corrected chi connectivity index (χ4v) is 2.37. The van der Waals surface area contributed by atoms with E-state index < -0.39 is 5.97 Å². The van der Waals surface area contributed by atoms with Gasteiger partial charge < -0.3 is 16.2 Å². The van der Waals surface area contributed by atoms with Crippen molar-refractivity contribution in [3.8, 4) is 0 Å². The number of rotatable bonds is 3. The van der Waals surface area contributed by atoms with Crippen molar-refractivity contribution in [3.63, 3.8) is 0 Å². The first kappa shape index (κ1) is 13.0. The highest BCUT2D eigenvalue weighted by Crippen LogP contribution is 2.30. The van der Waals surface area contributed by atoms with Gasteiger partial charge in [-0.25, -0.2) is 4.79 Å². The van der Waals surface area contributed by atoms with Crippen LogP contribution in [0.4, 0.5) is 17.1 Å². The second-order valence-corrected chi connectivity index (χ2v) is 4.72. The molecule has 0 aliphatic carbocycles. The molecule has 4 N–H and O–H groups in total. The smallest absolute Gasteiger partial charge is 0.337 e. The molecular formula is C17H14N2O2. The van der Waals surface area contributed by atoms with E-state index in [0.717, 1.165) is 16.5 Å². The lowest BCUT2D eigenvalue weighted by Crippen LogP contribution is -2.02. The summed E-state index contributed by atoms with van der Waals surface area (Å²) in [5.74, 6) is -0.960. The molecule has 0 spiro atoms. The minimum atomic E-state index is -0.960. The fraction of sp³-hybridized carbons (Fsp3) is 0. The van der Waals surface area contributed by atoms with E-state index in [1.54, 1.807) is 24.3 Å². The summed E-state index contributed by atoms with van der Waals surface area (Å²) in [6.07, 6.45) is 0. The summed E-state index contributed by atoms with van der Waals surface area (Å²) in [7, 11) is 0. The lowest BCUT2D eigenvalue weighted by atomic mass is 10.1. The Morgan fingerprint density at radius 1 is 0.857 bits per heavy atom. The number of anilines is 3. The maximum Gasteiger partial charge on any atom is 0.337 e. The fourth-order valence-electron chi connectivity index (χ4n) is 2.37. The van der Waals surface area contributed by atoms with E-state index in [1.165, 1.54) is 0 Å². The Morgan fingerprint density at radius 3 is 2.33 bits per heavy atom. The van der Waals surface area contributed by atoms with Crippen LogP contribution in [0.2, 0.25) is 0 Å². The standard InChI is InChI=1S/C17H14N2O2/c18-14-8-3-7-12-11(14)6-4-10-15(12)19-16-9-2-1-5-13(16)17(20)21/h1-10,19H,18H2,(H,20,21). The zero-order valence-electron chi connectivity index (χ0n) is 11.2. The topological polar surface area (TPSA) is 75.3 Å². The van der Waals surface area contributed by atoms with Crippen LogP contribution in [0.25, 0.3) is 10.8 Å². The average Bonchev–Trinajstić information content (AvgIpc) is 2.49. The molecule has 0 saturated carbocycles. The van der Waals surface area contributed by atoms with Crippen molar-refractivity contribution in [1.82, 2.24) is 0 Å². The predicted molar refractivity (Wildman–Crippen MR) is 85.0 cm³/mol. The predicted octanol–water partition coefficient (Wildman–Crippen LogP) is 3.86. The summed E-state index contributed by atoms with van der Waals surface area (Å²) >= 11 is 0. The lowest BCUT2D eigenvalue weighted by molar-refractivity contribution is 0.0698. The highest BCUT2D eigenvalue weighted by Gasteiger charge is 2.10. The van der Waals surface area contributed by atoms with Crippen molar-refractivity contribution in [2.45, 2.75) is 0 Å². The molecule has 0 heterocycles. The van der Waals surface area contributed by atoms with E-state index >= 15 is 0 Å². The van der Waals surface area contributed by atoms with Crippen LogP contribution in [0.1, 0.15) is 10.4 Å². The summed E-state index contributed by atoms with van der Waals surface area (Å²) in [4.78, 5) is 11.3. The van der Waals surface area contributed by atoms with Crippen molar-refractivity contribution in [2.24, 2.45) is 0 Å². The van der Waals surface area contributed by atoms with Gasteiger partial charge in [0, 0.05) is 22.1 Å². The van der Waals surface area contributed by atoms with Crippen LogP contribution >= 0.6 is 0 Å². The van der Waals surface area contributed by atoms with Crippen LogP contribution < -0.4 is 11.1 Å². The molecule has 0 bridgehead atoms. The Bertz CT molecular complexity index is 828. The molecule has 0 atom stereocenters. The summed E-state index contributed by atoms with van der Waals surface area (Å²) in [6, 6.07) is 18.2. The van der Waals surface area contributed by atoms with Gasteiger partial charge in [-0.2, -0.15) is 0 Å². The second kappa shape index (κ2) is 5.17. The number of nitrogens with two attached hydrogens (primary N) is 1. The highest BCUT2D eigenvalue weighted by atomic mass is 16.4. The number of carboxylic acids is 1. The maximum atomic E-state index is 11.3. The van der Waals surface area contributed by atoms with E-state index in [4.69, 9.17) is 5.73 Å². The number of fused-ring (bicyclic) bond motifs is 1. The van der Waals surface area contributed by atoms with Crippen molar-refractivity contribution < 1.29 is 9.90 Å². The molecule has 21 heavy (non-hydrogen) atoms. The van der Waals surface area contributed by atoms with E-state index in [9.17, 15) is 9.90 Å². The van der Waals surface area contributed by atoms with Gasteiger partial charge in [-0.3, -0.25) is 0 Å². The van der Waals surface area contributed by atoms with E-state index in [-0.39, 0.29) is 5.56 Å². The second-order valence-electron chi connectivity index (χ2n) is 4.72. The number of para-hydroxylation sites is 1. The van der Waals surface area contributed by atoms with E-state index in [1.807, 2.05) is 36.4 Å². The van der Waals surface area contributed by atoms with Crippen LogP contribution in [-0.4, -0.2) is 11.1 Å². The molecule has 3 aromatic rings. The molecule has 3 rings (SSSR count). The first-order valence-corrected chi connectivity index (χ1v) is 6.53. The van der Waals surface area contributed by atoms with Gasteiger partial charge in [0.1, 0.15) is 0 Å². The van der Waals surface area contributed by atoms with Crippen molar-refractivity contribution >= 4 is 33.8 Å². The lowest BCUT2D eigenvalue weighted by Gasteiger charge is -2.12. The highest BCUT2D eigenvalue weighted by molar-refractivity contribution is 6.03. The number of aromatic carboxylic acids is 1. The van der Waals surface area contributed by atoms with Crippen LogP contribution in [0.15, 0.2) is 60.7 Å². The summed E-state index contributed by atoms with van der Waals surface area (Å²) in [5, 5.41) is 14.3. The maximum absolute atomic E-state index is 11.3. The molecule has 3 aromatic carbocycles. The number of hydrogen-bond donors (Lipinski definition) is 3. The molecule has 0 amide bonds. The van der Waals surface area contributed by atoms with Gasteiger partial charge >= 0.3 is 5.97 Å². The number of carbonyl (C=O) groups is 1. The molecule has 0 saturated heterocycles. The molecule has 0 radical (unpaired) electrons. The number of nitrogen functional groups attached to an aromatic ring is 1. The third kappa shape index (κ3) is 2.39. The molecule has 0 aromatic heterocycles. The van der Waals surface area contributed by atoms with Gasteiger partial charge in [0.2, 0.25) is 0 Å². The van der Waals surface area contributed by atoms with Gasteiger partial charge in [-0.05, 0) is 24.3 Å². The van der Waals surface area contributed by atoms with Crippen LogP contribution in [0.3, 0.4) is 0 Å². The van der Waals surface area contributed by atoms with Crippen molar-refractivity contribution in [2.75, 3.05) is 11.1 Å². The molecule has 4 heteroatoms. The van der Waals surface area contributed by atoms with Crippen molar-refractivity contribution in [1.29, 1.82) is 0 Å². The molecule has 104 valence electrons. The summed E-state index contributed by atoms with van der Waals surface area (Å²) in [5.41, 5.74) is 8.29. The number of nitrogens with one attached hydrogen (secondary N) is 1. The minimum absolute atomic E-state index is 0.235. The van der Waals surface area contributed by atoms with E-state index in [0.29, 0.717) is 11.4 Å². The largest absolute Gasteiger partial charge is 0.478 e. The zero-order valence-corrected chi connectivity index (χ0v) is 11.2. The van der Waals surface area contributed by atoms with Crippen molar-refractivity contribution in [3.05, 3.63) is 66.2 Å². The molecule has 0 unspecified atom stereocenters. The molecule has 0 fully saturated rings. The zero-order chi connectivity index (χ0) is 14.8. The molecular weight excluding hydrogens is 264 g/mol. The van der Waals surface area contributed by atoms with Gasteiger partial charge in [-0.1, -0.05) is 36.4 Å². The first-order chi connectivity index (χ1) is 10.2. The van der Waals surface area contributed by atoms with Gasteiger partial charge in [-0.15, -0.1) is 0 Å². The third-order valence-electron chi connectivity index (χ3n) is 3.38. The Labute approximate surface area is 121 Å². The van der Waals surface area contributed by atoms with Gasteiger partial charge in [0.25, 0.3) is 0 Å². The number of benzene rings is 3. The average molecular weight is 278 g/mol. The van der Waals surface area contributed by atoms with E-state index in [2.05, 4.69) is 5.32 Å². The summed E-state index contributed by atoms with van der Waals surface area (Å²) < 4.78 is 0. The Balaban J connectivity index is 2.11. The SMILES string of the molecule is Nc1cccc2c(Nc3ccccc3C(=O)O)cccc12. The van der Waals surface area contributed by atoms with Gasteiger partial charge in [0.15, 0.2) is 0 Å². The quantitative estimate of drug-likeness (QED) is 0.636. The summed E-state index contributed by atoms with van der Waals surface area (Å²) in [6.45, 7) is 0. The monoisotopic (exact) mass is 278 g/mol. The van der Waals surface area contributed by atoms with Crippen LogP contribution in [0, 0.1) is 0 Å². The Kier molecular flexibility index (Phi) is 3.20.